The van der Waals surface area contributed by atoms with E-state index < -0.39 is 0 Å². The minimum absolute atomic E-state index is 0. The van der Waals surface area contributed by atoms with Gasteiger partial charge in [0.25, 0.3) is 0 Å². The van der Waals surface area contributed by atoms with Crippen molar-refractivity contribution < 1.29 is 14.6 Å². The van der Waals surface area contributed by atoms with Crippen LogP contribution in [0.15, 0.2) is 16.5 Å². The number of hydrogen-bond acceptors (Lipinski definition) is 4. The molecule has 1 heterocycles. The standard InChI is InChI=1S/C9H15NO3.ClH/c10-8(2-1-5-11)9-4-3-7(6-12)13-9;/h3-4,8,11-12H,1-2,5-6,10H2;1H/t8-;/m0./s1. The van der Waals surface area contributed by atoms with Gasteiger partial charge in [-0.05, 0) is 25.0 Å². The molecule has 1 aromatic rings. The molecule has 14 heavy (non-hydrogen) atoms. The molecule has 0 amide bonds. The van der Waals surface area contributed by atoms with Crippen molar-refractivity contribution in [1.29, 1.82) is 0 Å². The highest BCUT2D eigenvalue weighted by Crippen LogP contribution is 2.18. The van der Waals surface area contributed by atoms with Crippen LogP contribution in [0.2, 0.25) is 0 Å². The largest absolute Gasteiger partial charge is 0.462 e. The van der Waals surface area contributed by atoms with Crippen molar-refractivity contribution in [2.75, 3.05) is 6.61 Å². The zero-order chi connectivity index (χ0) is 9.68. The molecule has 0 radical (unpaired) electrons. The summed E-state index contributed by atoms with van der Waals surface area (Å²) in [6.45, 7) is 0.0357. The monoisotopic (exact) mass is 221 g/mol. The quantitative estimate of drug-likeness (QED) is 0.692. The summed E-state index contributed by atoms with van der Waals surface area (Å²) in [6, 6.07) is 3.27. The lowest BCUT2D eigenvalue weighted by atomic mass is 10.1. The van der Waals surface area contributed by atoms with Crippen LogP contribution in [-0.2, 0) is 6.61 Å². The molecule has 0 spiro atoms. The molecule has 0 unspecified atom stereocenters. The van der Waals surface area contributed by atoms with E-state index in [0.717, 1.165) is 0 Å². The van der Waals surface area contributed by atoms with E-state index in [2.05, 4.69) is 0 Å². The minimum atomic E-state index is -0.188. The third-order valence-electron chi connectivity index (χ3n) is 1.88. The van der Waals surface area contributed by atoms with Gasteiger partial charge in [-0.1, -0.05) is 0 Å². The molecule has 5 heteroatoms. The molecule has 4 N–H and O–H groups in total. The Morgan fingerprint density at radius 2 is 2.07 bits per heavy atom. The Kier molecular flexibility index (Phi) is 6.57. The van der Waals surface area contributed by atoms with E-state index in [4.69, 9.17) is 20.4 Å². The average molecular weight is 222 g/mol. The second-order valence-electron chi connectivity index (χ2n) is 2.93. The van der Waals surface area contributed by atoms with Crippen LogP contribution in [0.5, 0.6) is 0 Å². The number of aliphatic hydroxyl groups excluding tert-OH is 2. The lowest BCUT2D eigenvalue weighted by molar-refractivity contribution is 0.238. The van der Waals surface area contributed by atoms with Gasteiger partial charge < -0.3 is 20.4 Å². The summed E-state index contributed by atoms with van der Waals surface area (Å²) >= 11 is 0. The van der Waals surface area contributed by atoms with Crippen LogP contribution in [0.3, 0.4) is 0 Å². The van der Waals surface area contributed by atoms with Crippen LogP contribution in [0.25, 0.3) is 0 Å². The Morgan fingerprint density at radius 3 is 2.57 bits per heavy atom. The number of halogens is 1. The van der Waals surface area contributed by atoms with Gasteiger partial charge in [0.1, 0.15) is 18.1 Å². The first-order chi connectivity index (χ1) is 6.27. The highest BCUT2D eigenvalue weighted by Gasteiger charge is 2.09. The molecule has 0 saturated heterocycles. The van der Waals surface area contributed by atoms with Gasteiger partial charge in [-0.3, -0.25) is 0 Å². The van der Waals surface area contributed by atoms with Gasteiger partial charge in [0.05, 0.1) is 6.04 Å². The summed E-state index contributed by atoms with van der Waals surface area (Å²) in [7, 11) is 0. The topological polar surface area (TPSA) is 79.6 Å². The lowest BCUT2D eigenvalue weighted by Crippen LogP contribution is -2.09. The molecule has 0 aromatic carbocycles. The van der Waals surface area contributed by atoms with E-state index in [-0.39, 0.29) is 31.7 Å². The normalized spacial score (nSPS) is 12.2. The summed E-state index contributed by atoms with van der Waals surface area (Å²) in [5.41, 5.74) is 5.76. The second kappa shape index (κ2) is 6.84. The third kappa shape index (κ3) is 3.67. The molecule has 1 atom stereocenters. The maximum Gasteiger partial charge on any atom is 0.129 e. The number of hydrogen-bond donors (Lipinski definition) is 3. The van der Waals surface area contributed by atoms with E-state index in [9.17, 15) is 0 Å². The van der Waals surface area contributed by atoms with Gasteiger partial charge in [0.15, 0.2) is 0 Å². The van der Waals surface area contributed by atoms with Crippen LogP contribution < -0.4 is 5.73 Å². The Labute approximate surface area is 89.1 Å². The number of aliphatic hydroxyl groups is 2. The van der Waals surface area contributed by atoms with Crippen molar-refractivity contribution in [2.45, 2.75) is 25.5 Å². The molecule has 1 rings (SSSR count). The fourth-order valence-corrected chi connectivity index (χ4v) is 1.13. The summed E-state index contributed by atoms with van der Waals surface area (Å²) in [4.78, 5) is 0. The summed E-state index contributed by atoms with van der Waals surface area (Å²) in [5.74, 6) is 1.19. The van der Waals surface area contributed by atoms with Gasteiger partial charge in [0, 0.05) is 6.61 Å². The Balaban J connectivity index is 0.00000169. The Bertz CT molecular complexity index is 252. The van der Waals surface area contributed by atoms with Gasteiger partial charge in [-0.2, -0.15) is 0 Å². The third-order valence-corrected chi connectivity index (χ3v) is 1.88. The van der Waals surface area contributed by atoms with Crippen LogP contribution in [0.4, 0.5) is 0 Å². The summed E-state index contributed by atoms with van der Waals surface area (Å²) in [5, 5.41) is 17.3. The van der Waals surface area contributed by atoms with Crippen LogP contribution in [0.1, 0.15) is 30.4 Å². The second-order valence-corrected chi connectivity index (χ2v) is 2.93. The van der Waals surface area contributed by atoms with Gasteiger partial charge in [-0.15, -0.1) is 12.4 Å². The molecule has 82 valence electrons. The molecule has 0 bridgehead atoms. The molecular formula is C9H16ClNO3. The van der Waals surface area contributed by atoms with E-state index in [1.165, 1.54) is 0 Å². The van der Waals surface area contributed by atoms with Gasteiger partial charge in [-0.25, -0.2) is 0 Å². The first kappa shape index (κ1) is 13.4. The summed E-state index contributed by atoms with van der Waals surface area (Å²) < 4.78 is 5.23. The Hall–Kier alpha value is -0.550. The number of furan rings is 1. The van der Waals surface area contributed by atoms with Crippen molar-refractivity contribution in [3.8, 4) is 0 Å². The fraction of sp³-hybridized carbons (Fsp3) is 0.556. The van der Waals surface area contributed by atoms with Gasteiger partial charge in [0.2, 0.25) is 0 Å². The first-order valence-corrected chi connectivity index (χ1v) is 4.34. The molecule has 1 aromatic heterocycles. The van der Waals surface area contributed by atoms with Crippen molar-refractivity contribution in [1.82, 2.24) is 0 Å². The molecular weight excluding hydrogens is 206 g/mol. The maximum absolute atomic E-state index is 8.73. The average Bonchev–Trinajstić information content (AvgIpc) is 2.62. The van der Waals surface area contributed by atoms with E-state index in [0.29, 0.717) is 24.4 Å². The van der Waals surface area contributed by atoms with Crippen molar-refractivity contribution in [3.63, 3.8) is 0 Å². The van der Waals surface area contributed by atoms with Crippen molar-refractivity contribution >= 4 is 12.4 Å². The molecule has 0 aliphatic rings. The molecule has 0 fully saturated rings. The first-order valence-electron chi connectivity index (χ1n) is 4.34. The van der Waals surface area contributed by atoms with Gasteiger partial charge >= 0.3 is 0 Å². The fourth-order valence-electron chi connectivity index (χ4n) is 1.13. The highest BCUT2D eigenvalue weighted by atomic mass is 35.5. The minimum Gasteiger partial charge on any atom is -0.462 e. The predicted octanol–water partition coefficient (Wildman–Crippen LogP) is 0.966. The summed E-state index contributed by atoms with van der Waals surface area (Å²) in [6.07, 6.45) is 1.35. The molecule has 0 aliphatic carbocycles. The van der Waals surface area contributed by atoms with Crippen LogP contribution in [-0.4, -0.2) is 16.8 Å². The van der Waals surface area contributed by atoms with E-state index >= 15 is 0 Å². The molecule has 4 nitrogen and oxygen atoms in total. The predicted molar refractivity (Wildman–Crippen MR) is 55.1 cm³/mol. The molecule has 0 aliphatic heterocycles. The maximum atomic E-state index is 8.73. The number of nitrogens with two attached hydrogens (primary N) is 1. The highest BCUT2D eigenvalue weighted by molar-refractivity contribution is 5.85. The van der Waals surface area contributed by atoms with Crippen LogP contribution >= 0.6 is 12.4 Å². The molecule has 0 saturated carbocycles. The Morgan fingerprint density at radius 1 is 1.36 bits per heavy atom. The van der Waals surface area contributed by atoms with Crippen molar-refractivity contribution in [3.05, 3.63) is 23.7 Å². The lowest BCUT2D eigenvalue weighted by Gasteiger charge is -2.06. The number of rotatable bonds is 5. The zero-order valence-corrected chi connectivity index (χ0v) is 8.67. The zero-order valence-electron chi connectivity index (χ0n) is 7.85. The van der Waals surface area contributed by atoms with Crippen LogP contribution in [0, 0.1) is 0 Å². The van der Waals surface area contributed by atoms with E-state index in [1.54, 1.807) is 12.1 Å². The van der Waals surface area contributed by atoms with Crippen molar-refractivity contribution in [2.24, 2.45) is 5.73 Å². The van der Waals surface area contributed by atoms with E-state index in [1.807, 2.05) is 0 Å². The smallest absolute Gasteiger partial charge is 0.129 e. The SMILES string of the molecule is Cl.N[C@@H](CCCO)c1ccc(CO)o1.